The molecule has 1 fully saturated rings. The molecule has 1 saturated heterocycles. The summed E-state index contributed by atoms with van der Waals surface area (Å²) in [4.78, 5) is 32.9. The maximum atomic E-state index is 14.0. The van der Waals surface area contributed by atoms with Crippen LogP contribution in [0.15, 0.2) is 72.8 Å². The van der Waals surface area contributed by atoms with Crippen molar-refractivity contribution in [1.29, 1.82) is 0 Å². The summed E-state index contributed by atoms with van der Waals surface area (Å²) < 4.78 is 24.7. The lowest BCUT2D eigenvalue weighted by atomic mass is 9.92. The van der Waals surface area contributed by atoms with E-state index in [4.69, 9.17) is 9.47 Å². The molecule has 1 aliphatic heterocycles. The second-order valence-electron chi connectivity index (χ2n) is 9.01. The molecule has 1 aliphatic rings. The maximum Gasteiger partial charge on any atom is 0.418 e. The van der Waals surface area contributed by atoms with Crippen LogP contribution in [0.2, 0.25) is 0 Å². The van der Waals surface area contributed by atoms with Gasteiger partial charge in [-0.1, -0.05) is 42.5 Å². The average molecular weight is 501 g/mol. The normalized spacial score (nSPS) is 18.1. The van der Waals surface area contributed by atoms with Crippen molar-refractivity contribution in [2.45, 2.75) is 31.9 Å². The smallest absolute Gasteiger partial charge is 0.418 e. The van der Waals surface area contributed by atoms with Gasteiger partial charge in [0.05, 0.1) is 13.2 Å². The third kappa shape index (κ3) is 4.44. The van der Waals surface area contributed by atoms with E-state index < -0.39 is 29.5 Å². The van der Waals surface area contributed by atoms with Crippen molar-refractivity contribution >= 4 is 12.0 Å². The van der Waals surface area contributed by atoms with Gasteiger partial charge in [-0.3, -0.25) is 9.89 Å². The van der Waals surface area contributed by atoms with Crippen LogP contribution >= 0.6 is 0 Å². The predicted molar refractivity (Wildman–Crippen MR) is 133 cm³/mol. The van der Waals surface area contributed by atoms with Crippen LogP contribution in [0.25, 0.3) is 11.4 Å². The summed E-state index contributed by atoms with van der Waals surface area (Å²) in [5.74, 6) is 0.0923. The first kappa shape index (κ1) is 24.2. The van der Waals surface area contributed by atoms with E-state index in [0.717, 1.165) is 16.0 Å². The number of benzene rings is 3. The SMILES string of the molecule is COc1cc(C)cc(-c2n[nH]c(C3(Cc4ccccc4)OC(=O)N([C@H](C)c4ccc(F)cc4)C3=O)n2)c1. The number of aromatic amines is 1. The Labute approximate surface area is 213 Å². The van der Waals surface area contributed by atoms with E-state index in [1.54, 1.807) is 20.1 Å². The topological polar surface area (TPSA) is 97.4 Å². The molecule has 5 rings (SSSR count). The molecule has 3 aromatic carbocycles. The molecule has 4 aromatic rings. The number of amides is 2. The predicted octanol–water partition coefficient (Wildman–Crippen LogP) is 5.11. The molecule has 0 spiro atoms. The molecule has 1 N–H and O–H groups in total. The molecule has 0 saturated carbocycles. The molecule has 2 atom stereocenters. The number of ether oxygens (including phenoxy) is 2. The Morgan fingerprint density at radius 2 is 1.81 bits per heavy atom. The summed E-state index contributed by atoms with van der Waals surface area (Å²) in [5.41, 5.74) is 1.23. The average Bonchev–Trinajstić information content (AvgIpc) is 3.48. The van der Waals surface area contributed by atoms with Crippen LogP contribution in [0.5, 0.6) is 5.75 Å². The molecular weight excluding hydrogens is 475 g/mol. The fraction of sp³-hybridized carbons (Fsp3) is 0.214. The van der Waals surface area contributed by atoms with Gasteiger partial charge in [-0.15, -0.1) is 0 Å². The maximum absolute atomic E-state index is 14.0. The van der Waals surface area contributed by atoms with E-state index in [2.05, 4.69) is 15.2 Å². The number of halogens is 1. The van der Waals surface area contributed by atoms with Crippen molar-refractivity contribution in [3.63, 3.8) is 0 Å². The number of rotatable bonds is 7. The van der Waals surface area contributed by atoms with E-state index in [9.17, 15) is 14.0 Å². The van der Waals surface area contributed by atoms with Gasteiger partial charge in [0.2, 0.25) is 0 Å². The minimum atomic E-state index is -1.76. The van der Waals surface area contributed by atoms with Crippen molar-refractivity contribution < 1.29 is 23.5 Å². The first-order chi connectivity index (χ1) is 17.8. The van der Waals surface area contributed by atoms with Gasteiger partial charge < -0.3 is 9.47 Å². The van der Waals surface area contributed by atoms with Crippen LogP contribution in [0.4, 0.5) is 9.18 Å². The quantitative estimate of drug-likeness (QED) is 0.379. The number of carbonyl (C=O) groups is 2. The van der Waals surface area contributed by atoms with Gasteiger partial charge in [0.15, 0.2) is 11.6 Å². The highest BCUT2D eigenvalue weighted by Gasteiger charge is 2.58. The third-order valence-electron chi connectivity index (χ3n) is 6.47. The van der Waals surface area contributed by atoms with Crippen LogP contribution in [-0.2, 0) is 21.6 Å². The van der Waals surface area contributed by atoms with Crippen molar-refractivity contribution in [3.05, 3.63) is 101 Å². The Hall–Kier alpha value is -4.53. The van der Waals surface area contributed by atoms with Crippen molar-refractivity contribution in [1.82, 2.24) is 20.1 Å². The number of hydrogen-bond donors (Lipinski definition) is 1. The molecule has 9 heteroatoms. The number of aryl methyl sites for hydroxylation is 1. The molecule has 2 heterocycles. The number of carbonyl (C=O) groups excluding carboxylic acids is 2. The number of imide groups is 1. The molecule has 2 amide bonds. The van der Waals surface area contributed by atoms with E-state index in [1.807, 2.05) is 49.4 Å². The lowest BCUT2D eigenvalue weighted by molar-refractivity contribution is -0.139. The van der Waals surface area contributed by atoms with Gasteiger partial charge in [0, 0.05) is 12.0 Å². The second kappa shape index (κ2) is 9.50. The van der Waals surface area contributed by atoms with Crippen LogP contribution in [-0.4, -0.2) is 39.2 Å². The lowest BCUT2D eigenvalue weighted by Gasteiger charge is -2.24. The second-order valence-corrected chi connectivity index (χ2v) is 9.01. The Morgan fingerprint density at radius 1 is 1.08 bits per heavy atom. The highest BCUT2D eigenvalue weighted by atomic mass is 19.1. The monoisotopic (exact) mass is 500 g/mol. The van der Waals surface area contributed by atoms with Gasteiger partial charge in [-0.05, 0) is 60.9 Å². The first-order valence-electron chi connectivity index (χ1n) is 11.8. The first-order valence-corrected chi connectivity index (χ1v) is 11.8. The molecule has 1 unspecified atom stereocenters. The summed E-state index contributed by atoms with van der Waals surface area (Å²) in [5, 5.41) is 7.18. The summed E-state index contributed by atoms with van der Waals surface area (Å²) in [6.45, 7) is 3.61. The van der Waals surface area contributed by atoms with Crippen LogP contribution in [0, 0.1) is 12.7 Å². The zero-order chi connectivity index (χ0) is 26.2. The molecule has 37 heavy (non-hydrogen) atoms. The fourth-order valence-electron chi connectivity index (χ4n) is 4.54. The zero-order valence-electron chi connectivity index (χ0n) is 20.6. The van der Waals surface area contributed by atoms with Crippen molar-refractivity contribution in [2.24, 2.45) is 0 Å². The number of cyclic esters (lactones) is 1. The van der Waals surface area contributed by atoms with E-state index in [0.29, 0.717) is 22.7 Å². The van der Waals surface area contributed by atoms with Crippen LogP contribution < -0.4 is 4.74 Å². The van der Waals surface area contributed by atoms with Gasteiger partial charge in [-0.2, -0.15) is 5.10 Å². The van der Waals surface area contributed by atoms with Gasteiger partial charge in [0.1, 0.15) is 11.6 Å². The molecule has 8 nitrogen and oxygen atoms in total. The number of H-pyrrole nitrogens is 1. The van der Waals surface area contributed by atoms with Gasteiger partial charge in [0.25, 0.3) is 11.5 Å². The highest BCUT2D eigenvalue weighted by molar-refractivity contribution is 6.03. The minimum Gasteiger partial charge on any atom is -0.497 e. The van der Waals surface area contributed by atoms with Crippen molar-refractivity contribution in [3.8, 4) is 17.1 Å². The van der Waals surface area contributed by atoms with E-state index >= 15 is 0 Å². The summed E-state index contributed by atoms with van der Waals surface area (Å²) in [6, 6.07) is 19.7. The largest absolute Gasteiger partial charge is 0.497 e. The molecule has 0 radical (unpaired) electrons. The van der Waals surface area contributed by atoms with Gasteiger partial charge in [-0.25, -0.2) is 19.1 Å². The Morgan fingerprint density at radius 3 is 2.51 bits per heavy atom. The van der Waals surface area contributed by atoms with E-state index in [-0.39, 0.29) is 12.2 Å². The number of methoxy groups -OCH3 is 1. The van der Waals surface area contributed by atoms with Gasteiger partial charge >= 0.3 is 6.09 Å². The lowest BCUT2D eigenvalue weighted by Crippen LogP contribution is -2.42. The number of aromatic nitrogens is 3. The third-order valence-corrected chi connectivity index (χ3v) is 6.47. The molecular formula is C28H25FN4O4. The number of nitrogens with one attached hydrogen (secondary N) is 1. The van der Waals surface area contributed by atoms with Crippen LogP contribution in [0.1, 0.15) is 35.5 Å². The molecule has 188 valence electrons. The Balaban J connectivity index is 1.57. The molecule has 1 aromatic heterocycles. The molecule has 0 bridgehead atoms. The Bertz CT molecular complexity index is 1450. The minimum absolute atomic E-state index is 0.0524. The summed E-state index contributed by atoms with van der Waals surface area (Å²) in [6.07, 6.45) is -0.760. The highest BCUT2D eigenvalue weighted by Crippen LogP contribution is 2.40. The zero-order valence-corrected chi connectivity index (χ0v) is 20.6. The van der Waals surface area contributed by atoms with Crippen molar-refractivity contribution in [2.75, 3.05) is 7.11 Å². The number of hydrogen-bond acceptors (Lipinski definition) is 6. The summed E-state index contributed by atoms with van der Waals surface area (Å²) in [7, 11) is 1.57. The van der Waals surface area contributed by atoms with Crippen LogP contribution in [0.3, 0.4) is 0 Å². The summed E-state index contributed by atoms with van der Waals surface area (Å²) >= 11 is 0. The molecule has 0 aliphatic carbocycles. The number of nitrogens with zero attached hydrogens (tertiary/aromatic N) is 3. The Kier molecular flexibility index (Phi) is 6.20. The fourth-order valence-corrected chi connectivity index (χ4v) is 4.54. The van der Waals surface area contributed by atoms with E-state index in [1.165, 1.54) is 24.3 Å². The standard InChI is InChI=1S/C28H25FN4O4/c1-17-13-21(15-23(14-17)36-3)24-30-25(32-31-24)28(16-19-7-5-4-6-8-19)26(34)33(27(35)37-28)18(2)20-9-11-22(29)12-10-20/h4-15,18H,16H2,1-3H3,(H,30,31,32)/t18-,28?/m1/s1.